The minimum atomic E-state index is -0.798. The highest BCUT2D eigenvalue weighted by Crippen LogP contribution is 2.29. The first-order chi connectivity index (χ1) is 7.52. The maximum atomic E-state index is 11.0. The molecule has 1 aliphatic rings. The van der Waals surface area contributed by atoms with Gasteiger partial charge in [-0.15, -0.1) is 0 Å². The van der Waals surface area contributed by atoms with Gasteiger partial charge in [-0.3, -0.25) is 4.79 Å². The van der Waals surface area contributed by atoms with Crippen LogP contribution >= 0.6 is 0 Å². The molecule has 0 heterocycles. The van der Waals surface area contributed by atoms with Gasteiger partial charge < -0.3 is 14.6 Å². The summed E-state index contributed by atoms with van der Waals surface area (Å²) < 4.78 is 10.7. The van der Waals surface area contributed by atoms with E-state index in [1.54, 1.807) is 6.92 Å². The monoisotopic (exact) mass is 226 g/mol. The van der Waals surface area contributed by atoms with E-state index in [0.29, 0.717) is 25.0 Å². The molecule has 1 saturated carbocycles. The zero-order valence-corrected chi connectivity index (χ0v) is 9.52. The van der Waals surface area contributed by atoms with E-state index in [1.807, 2.05) is 0 Å². The fourth-order valence-electron chi connectivity index (χ4n) is 2.05. The van der Waals surface area contributed by atoms with Crippen LogP contribution in [0.2, 0.25) is 0 Å². The van der Waals surface area contributed by atoms with Gasteiger partial charge in [0.1, 0.15) is 12.2 Å². The van der Waals surface area contributed by atoms with Crippen LogP contribution < -0.4 is 0 Å². The summed E-state index contributed by atoms with van der Waals surface area (Å²) in [5.74, 6) is -0.607. The number of allylic oxidation sites excluding steroid dienone is 1. The van der Waals surface area contributed by atoms with Crippen LogP contribution in [-0.4, -0.2) is 23.3 Å². The molecule has 0 aliphatic heterocycles. The Balaban J connectivity index is 2.61. The normalized spacial score (nSPS) is 29.2. The van der Waals surface area contributed by atoms with Gasteiger partial charge >= 0.3 is 5.97 Å². The summed E-state index contributed by atoms with van der Waals surface area (Å²) in [6.07, 6.45) is 2.81. The van der Waals surface area contributed by atoms with E-state index in [1.165, 1.54) is 6.26 Å². The van der Waals surface area contributed by atoms with E-state index in [9.17, 15) is 4.79 Å². The number of rotatable bonds is 5. The number of hydrogen-bond acceptors (Lipinski definition) is 3. The summed E-state index contributed by atoms with van der Waals surface area (Å²) in [6.45, 7) is 8.90. The van der Waals surface area contributed by atoms with Crippen LogP contribution in [0.15, 0.2) is 25.2 Å². The molecule has 0 aromatic carbocycles. The van der Waals surface area contributed by atoms with E-state index in [-0.39, 0.29) is 12.2 Å². The predicted molar refractivity (Wildman–Crippen MR) is 59.7 cm³/mol. The largest absolute Gasteiger partial charge is 0.498 e. The van der Waals surface area contributed by atoms with Gasteiger partial charge in [-0.1, -0.05) is 13.2 Å². The second-order valence-corrected chi connectivity index (χ2v) is 4.11. The second-order valence-electron chi connectivity index (χ2n) is 4.11. The van der Waals surface area contributed by atoms with E-state index in [2.05, 4.69) is 13.2 Å². The maximum absolute atomic E-state index is 11.0. The first-order valence-electron chi connectivity index (χ1n) is 5.34. The zero-order valence-electron chi connectivity index (χ0n) is 9.52. The third-order valence-corrected chi connectivity index (χ3v) is 2.63. The standard InChI is InChI=1S/C12H18O4/c1-4-15-10-5-9(12(13)14)6-11(7-10)16-8(2)3/h4,9-11H,1-2,5-7H2,3H3,(H,13,14). The van der Waals surface area contributed by atoms with Crippen LogP contribution in [0.4, 0.5) is 0 Å². The quantitative estimate of drug-likeness (QED) is 0.731. The Hall–Kier alpha value is -1.45. The van der Waals surface area contributed by atoms with Crippen LogP contribution in [0.3, 0.4) is 0 Å². The van der Waals surface area contributed by atoms with Crippen molar-refractivity contribution in [2.24, 2.45) is 5.92 Å². The van der Waals surface area contributed by atoms with Crippen molar-refractivity contribution >= 4 is 5.97 Å². The molecule has 0 bridgehead atoms. The molecule has 1 aliphatic carbocycles. The van der Waals surface area contributed by atoms with E-state index in [0.717, 1.165) is 0 Å². The molecule has 4 nitrogen and oxygen atoms in total. The van der Waals surface area contributed by atoms with Crippen molar-refractivity contribution < 1.29 is 19.4 Å². The smallest absolute Gasteiger partial charge is 0.306 e. The molecule has 0 radical (unpaired) electrons. The Bertz CT molecular complexity index is 285. The molecule has 0 spiro atoms. The summed E-state index contributed by atoms with van der Waals surface area (Å²) in [7, 11) is 0. The number of aliphatic carboxylic acids is 1. The maximum Gasteiger partial charge on any atom is 0.306 e. The number of carboxylic acid groups (broad SMARTS) is 1. The van der Waals surface area contributed by atoms with Crippen molar-refractivity contribution in [1.82, 2.24) is 0 Å². The molecule has 1 rings (SSSR count). The summed E-state index contributed by atoms with van der Waals surface area (Å²) >= 11 is 0. The van der Waals surface area contributed by atoms with Gasteiger partial charge in [-0.05, 0) is 19.8 Å². The summed E-state index contributed by atoms with van der Waals surface area (Å²) in [5.41, 5.74) is 0. The third kappa shape index (κ3) is 3.61. The number of hydrogen-bond donors (Lipinski definition) is 1. The molecule has 4 heteroatoms. The molecular formula is C12H18O4. The molecule has 1 fully saturated rings. The van der Waals surface area contributed by atoms with Crippen LogP contribution in [-0.2, 0) is 14.3 Å². The summed E-state index contributed by atoms with van der Waals surface area (Å²) in [4.78, 5) is 11.0. The van der Waals surface area contributed by atoms with Crippen LogP contribution in [0.1, 0.15) is 26.2 Å². The first-order valence-corrected chi connectivity index (χ1v) is 5.34. The Morgan fingerprint density at radius 2 is 2.00 bits per heavy atom. The van der Waals surface area contributed by atoms with E-state index >= 15 is 0 Å². The minimum Gasteiger partial charge on any atom is -0.498 e. The van der Waals surface area contributed by atoms with Gasteiger partial charge in [-0.2, -0.15) is 0 Å². The van der Waals surface area contributed by atoms with Crippen LogP contribution in [0.5, 0.6) is 0 Å². The Morgan fingerprint density at radius 1 is 1.38 bits per heavy atom. The Labute approximate surface area is 95.6 Å². The van der Waals surface area contributed by atoms with Gasteiger partial charge in [0, 0.05) is 6.42 Å². The van der Waals surface area contributed by atoms with E-state index < -0.39 is 11.9 Å². The fraction of sp³-hybridized carbons (Fsp3) is 0.583. The molecular weight excluding hydrogens is 208 g/mol. The van der Waals surface area contributed by atoms with Gasteiger partial charge in [-0.25, -0.2) is 0 Å². The first kappa shape index (κ1) is 12.6. The van der Waals surface area contributed by atoms with Crippen molar-refractivity contribution in [2.75, 3.05) is 0 Å². The average Bonchev–Trinajstić information content (AvgIpc) is 2.16. The molecule has 0 aromatic rings. The molecule has 90 valence electrons. The lowest BCUT2D eigenvalue weighted by Gasteiger charge is -2.32. The highest BCUT2D eigenvalue weighted by Gasteiger charge is 2.34. The second kappa shape index (κ2) is 5.58. The number of carboxylic acids is 1. The molecule has 0 amide bonds. The predicted octanol–water partition coefficient (Wildman–Crippen LogP) is 2.32. The van der Waals surface area contributed by atoms with E-state index in [4.69, 9.17) is 14.6 Å². The van der Waals surface area contributed by atoms with Gasteiger partial charge in [0.05, 0.1) is 17.9 Å². The number of carbonyl (C=O) groups is 1. The summed E-state index contributed by atoms with van der Waals surface area (Å²) in [6, 6.07) is 0. The molecule has 16 heavy (non-hydrogen) atoms. The topological polar surface area (TPSA) is 55.8 Å². The van der Waals surface area contributed by atoms with Gasteiger partial charge in [0.25, 0.3) is 0 Å². The molecule has 0 aromatic heterocycles. The lowest BCUT2D eigenvalue weighted by molar-refractivity contribution is -0.146. The Morgan fingerprint density at radius 3 is 2.50 bits per heavy atom. The molecule has 0 saturated heterocycles. The summed E-state index contributed by atoms with van der Waals surface area (Å²) in [5, 5.41) is 9.02. The van der Waals surface area contributed by atoms with Crippen LogP contribution in [0, 0.1) is 5.92 Å². The third-order valence-electron chi connectivity index (χ3n) is 2.63. The Kier molecular flexibility index (Phi) is 4.40. The van der Waals surface area contributed by atoms with Crippen molar-refractivity contribution in [3.63, 3.8) is 0 Å². The van der Waals surface area contributed by atoms with Gasteiger partial charge in [0.2, 0.25) is 0 Å². The average molecular weight is 226 g/mol. The molecule has 3 unspecified atom stereocenters. The van der Waals surface area contributed by atoms with Gasteiger partial charge in [0.15, 0.2) is 0 Å². The van der Waals surface area contributed by atoms with Crippen molar-refractivity contribution in [3.05, 3.63) is 25.2 Å². The fourth-order valence-corrected chi connectivity index (χ4v) is 2.05. The highest BCUT2D eigenvalue weighted by atomic mass is 16.5. The lowest BCUT2D eigenvalue weighted by atomic mass is 9.85. The lowest BCUT2D eigenvalue weighted by Crippen LogP contribution is -2.35. The highest BCUT2D eigenvalue weighted by molar-refractivity contribution is 5.70. The SMILES string of the molecule is C=COC1CC(OC(=C)C)CC(C(=O)O)C1. The number of ether oxygens (including phenoxy) is 2. The van der Waals surface area contributed by atoms with Crippen LogP contribution in [0.25, 0.3) is 0 Å². The zero-order chi connectivity index (χ0) is 12.1. The van der Waals surface area contributed by atoms with Crippen molar-refractivity contribution in [3.8, 4) is 0 Å². The van der Waals surface area contributed by atoms with Crippen molar-refractivity contribution in [1.29, 1.82) is 0 Å². The molecule has 1 N–H and O–H groups in total. The minimum absolute atomic E-state index is 0.128. The molecule has 3 atom stereocenters. The van der Waals surface area contributed by atoms with Crippen molar-refractivity contribution in [2.45, 2.75) is 38.4 Å².